The summed E-state index contributed by atoms with van der Waals surface area (Å²) in [5, 5.41) is 18.4. The molecule has 0 radical (unpaired) electrons. The smallest absolute Gasteiger partial charge is 0.339 e. The molecule has 104 valence electrons. The Morgan fingerprint density at radius 2 is 2.00 bits per heavy atom. The Bertz CT molecular complexity index is 513. The van der Waals surface area contributed by atoms with Gasteiger partial charge in [-0.15, -0.1) is 0 Å². The Labute approximate surface area is 126 Å². The monoisotopic (exact) mass is 394 g/mol. The van der Waals surface area contributed by atoms with Gasteiger partial charge in [0.25, 0.3) is 0 Å². The van der Waals surface area contributed by atoms with E-state index in [1.54, 1.807) is 6.07 Å². The lowest BCUT2D eigenvalue weighted by molar-refractivity contribution is -0.137. The second-order valence-corrected chi connectivity index (χ2v) is 5.44. The van der Waals surface area contributed by atoms with Crippen LogP contribution >= 0.6 is 31.9 Å². The van der Waals surface area contributed by atoms with E-state index in [0.717, 1.165) is 0 Å². The minimum atomic E-state index is -0.892. The van der Waals surface area contributed by atoms with Gasteiger partial charge < -0.3 is 14.9 Å². The van der Waals surface area contributed by atoms with Gasteiger partial charge in [-0.3, -0.25) is 4.79 Å². The first-order chi connectivity index (χ1) is 8.88. The first-order valence-corrected chi connectivity index (χ1v) is 6.97. The summed E-state index contributed by atoms with van der Waals surface area (Å²) < 4.78 is 5.33. The number of carbonyl (C=O) groups is 2. The molecule has 0 aliphatic rings. The van der Waals surface area contributed by atoms with Crippen LogP contribution in [0, 0.1) is 0 Å². The average Bonchev–Trinajstić information content (AvgIpc) is 2.35. The molecule has 0 aliphatic heterocycles. The van der Waals surface area contributed by atoms with Crippen molar-refractivity contribution in [2.45, 2.75) is 19.3 Å². The predicted octanol–water partition coefficient (Wildman–Crippen LogP) is 3.11. The third-order valence-electron chi connectivity index (χ3n) is 2.50. The molecule has 2 N–H and O–H groups in total. The average molecular weight is 396 g/mol. The molecular weight excluding hydrogens is 384 g/mol. The quantitative estimate of drug-likeness (QED) is 0.748. The van der Waals surface area contributed by atoms with E-state index in [1.165, 1.54) is 7.11 Å². The molecule has 0 aromatic heterocycles. The van der Waals surface area contributed by atoms with Crippen LogP contribution in [0.2, 0.25) is 0 Å². The van der Waals surface area contributed by atoms with Crippen molar-refractivity contribution >= 4 is 43.8 Å². The van der Waals surface area contributed by atoms with Crippen LogP contribution in [0.5, 0.6) is 5.75 Å². The fraction of sp³-hybridized carbons (Fsp3) is 0.333. The highest BCUT2D eigenvalue weighted by atomic mass is 79.9. The van der Waals surface area contributed by atoms with Crippen LogP contribution in [-0.4, -0.2) is 29.3 Å². The second kappa shape index (κ2) is 6.91. The Balaban J connectivity index is 3.13. The maximum absolute atomic E-state index is 11.7. The van der Waals surface area contributed by atoms with Crippen molar-refractivity contribution in [1.82, 2.24) is 0 Å². The van der Waals surface area contributed by atoms with Crippen LogP contribution in [0.25, 0.3) is 0 Å². The van der Waals surface area contributed by atoms with Crippen molar-refractivity contribution in [3.05, 3.63) is 26.1 Å². The number of ether oxygens (including phenoxy) is 1. The van der Waals surface area contributed by atoms with E-state index >= 15 is 0 Å². The molecule has 0 atom stereocenters. The van der Waals surface area contributed by atoms with Crippen LogP contribution in [0.4, 0.5) is 0 Å². The number of phenols is 1. The summed E-state index contributed by atoms with van der Waals surface area (Å²) in [6, 6.07) is 1.59. The van der Waals surface area contributed by atoms with Gasteiger partial charge in [-0.05, 0) is 56.3 Å². The summed E-state index contributed by atoms with van der Waals surface area (Å²) in [5.74, 6) is -1.57. The van der Waals surface area contributed by atoms with Crippen molar-refractivity contribution in [2.75, 3.05) is 7.11 Å². The highest BCUT2D eigenvalue weighted by molar-refractivity contribution is 9.11. The number of aliphatic carboxylic acids is 1. The number of halogens is 2. The van der Waals surface area contributed by atoms with Gasteiger partial charge in [0, 0.05) is 6.42 Å². The van der Waals surface area contributed by atoms with E-state index in [9.17, 15) is 14.7 Å². The molecule has 0 heterocycles. The molecule has 0 unspecified atom stereocenters. The number of carboxylic acids is 1. The number of aryl methyl sites for hydroxylation is 1. The zero-order valence-corrected chi connectivity index (χ0v) is 13.2. The topological polar surface area (TPSA) is 83.8 Å². The zero-order chi connectivity index (χ0) is 14.6. The summed E-state index contributed by atoms with van der Waals surface area (Å²) in [7, 11) is 1.24. The maximum atomic E-state index is 11.7. The van der Waals surface area contributed by atoms with Crippen LogP contribution < -0.4 is 0 Å². The molecule has 0 bridgehead atoms. The summed E-state index contributed by atoms with van der Waals surface area (Å²) in [4.78, 5) is 22.2. The number of rotatable bonds is 5. The summed E-state index contributed by atoms with van der Waals surface area (Å²) in [6.45, 7) is 0. The van der Waals surface area contributed by atoms with E-state index in [1.807, 2.05) is 0 Å². The highest BCUT2D eigenvalue weighted by Crippen LogP contribution is 2.38. The minimum Gasteiger partial charge on any atom is -0.506 e. The van der Waals surface area contributed by atoms with Gasteiger partial charge in [0.1, 0.15) is 5.75 Å². The first-order valence-electron chi connectivity index (χ1n) is 5.38. The van der Waals surface area contributed by atoms with Crippen LogP contribution in [-0.2, 0) is 16.0 Å². The molecule has 1 aromatic rings. The van der Waals surface area contributed by atoms with Gasteiger partial charge >= 0.3 is 11.9 Å². The molecule has 1 aromatic carbocycles. The third kappa shape index (κ3) is 3.94. The zero-order valence-electron chi connectivity index (χ0n) is 10.1. The molecule has 1 rings (SSSR count). The number of aromatic hydroxyl groups is 1. The van der Waals surface area contributed by atoms with Crippen molar-refractivity contribution in [1.29, 1.82) is 0 Å². The number of esters is 1. The van der Waals surface area contributed by atoms with Gasteiger partial charge in [0.15, 0.2) is 0 Å². The highest BCUT2D eigenvalue weighted by Gasteiger charge is 2.21. The normalized spacial score (nSPS) is 10.3. The Morgan fingerprint density at radius 1 is 1.37 bits per heavy atom. The van der Waals surface area contributed by atoms with Crippen LogP contribution in [0.1, 0.15) is 28.8 Å². The molecule has 0 amide bonds. The maximum Gasteiger partial charge on any atom is 0.339 e. The molecular formula is C12H12Br2O5. The molecule has 0 saturated heterocycles. The number of hydrogen-bond donors (Lipinski definition) is 2. The molecule has 0 saturated carbocycles. The molecule has 0 fully saturated rings. The number of carboxylic acid groups (broad SMARTS) is 1. The van der Waals surface area contributed by atoms with Crippen molar-refractivity contribution in [2.24, 2.45) is 0 Å². The van der Waals surface area contributed by atoms with Gasteiger partial charge in [-0.25, -0.2) is 4.79 Å². The molecule has 0 spiro atoms. The van der Waals surface area contributed by atoms with E-state index in [2.05, 4.69) is 36.6 Å². The minimum absolute atomic E-state index is 0.0106. The number of methoxy groups -OCH3 is 1. The molecule has 5 nitrogen and oxygen atoms in total. The SMILES string of the molecule is COC(=O)c1c(CCCC(=O)O)cc(Br)c(O)c1Br. The van der Waals surface area contributed by atoms with Crippen molar-refractivity contribution in [3.63, 3.8) is 0 Å². The van der Waals surface area contributed by atoms with Gasteiger partial charge in [-0.2, -0.15) is 0 Å². The second-order valence-electron chi connectivity index (χ2n) is 3.79. The predicted molar refractivity (Wildman–Crippen MR) is 75.4 cm³/mol. The van der Waals surface area contributed by atoms with Crippen molar-refractivity contribution in [3.8, 4) is 5.75 Å². The van der Waals surface area contributed by atoms with E-state index in [4.69, 9.17) is 5.11 Å². The van der Waals surface area contributed by atoms with E-state index < -0.39 is 11.9 Å². The van der Waals surface area contributed by atoms with Crippen LogP contribution in [0.3, 0.4) is 0 Å². The number of benzene rings is 1. The Morgan fingerprint density at radius 3 is 2.53 bits per heavy atom. The largest absolute Gasteiger partial charge is 0.506 e. The summed E-state index contributed by atoms with van der Waals surface area (Å²) >= 11 is 6.32. The third-order valence-corrected chi connectivity index (χ3v) is 3.88. The lowest BCUT2D eigenvalue weighted by Crippen LogP contribution is -2.08. The lowest BCUT2D eigenvalue weighted by Gasteiger charge is -2.12. The molecule has 0 aliphatic carbocycles. The summed E-state index contributed by atoms with van der Waals surface area (Å²) in [6.07, 6.45) is 0.800. The lowest BCUT2D eigenvalue weighted by atomic mass is 10.0. The first kappa shape index (κ1) is 16.0. The fourth-order valence-electron chi connectivity index (χ4n) is 1.61. The number of hydrogen-bond acceptors (Lipinski definition) is 4. The number of carbonyl (C=O) groups excluding carboxylic acids is 1. The van der Waals surface area contributed by atoms with Gasteiger partial charge in [0.05, 0.1) is 21.6 Å². The summed E-state index contributed by atoms with van der Waals surface area (Å²) in [5.41, 5.74) is 0.832. The van der Waals surface area contributed by atoms with Crippen molar-refractivity contribution < 1.29 is 24.5 Å². The van der Waals surface area contributed by atoms with Gasteiger partial charge in [0.2, 0.25) is 0 Å². The molecule has 19 heavy (non-hydrogen) atoms. The van der Waals surface area contributed by atoms with Crippen LogP contribution in [0.15, 0.2) is 15.0 Å². The van der Waals surface area contributed by atoms with Gasteiger partial charge in [-0.1, -0.05) is 0 Å². The standard InChI is InChI=1S/C12H12Br2O5/c1-19-12(18)9-6(3-2-4-8(15)16)5-7(13)11(17)10(9)14/h5,17H,2-4H2,1H3,(H,15,16). The van der Waals surface area contributed by atoms with E-state index in [0.29, 0.717) is 22.9 Å². The Kier molecular flexibility index (Phi) is 5.81. The van der Waals surface area contributed by atoms with E-state index in [-0.39, 0.29) is 22.2 Å². The fourth-order valence-corrected chi connectivity index (χ4v) is 2.98. The number of phenolic OH excluding ortho intramolecular Hbond substituents is 1. The Hall–Kier alpha value is -1.08. The molecule has 7 heteroatoms.